The molecule has 0 aromatic carbocycles. The zero-order valence-electron chi connectivity index (χ0n) is 13.4. The van der Waals surface area contributed by atoms with Crippen LogP contribution in [-0.2, 0) is 10.0 Å². The van der Waals surface area contributed by atoms with Crippen molar-refractivity contribution in [2.24, 2.45) is 0 Å². The van der Waals surface area contributed by atoms with E-state index in [0.717, 1.165) is 38.5 Å². The molecule has 2 heterocycles. The van der Waals surface area contributed by atoms with Gasteiger partial charge in [0.15, 0.2) is 5.76 Å². The van der Waals surface area contributed by atoms with Gasteiger partial charge in [-0.3, -0.25) is 0 Å². The molecular weight excluding hydrogens is 330 g/mol. The number of hydrogen-bond acceptors (Lipinski definition) is 6. The summed E-state index contributed by atoms with van der Waals surface area (Å²) in [6, 6.07) is 2.98. The summed E-state index contributed by atoms with van der Waals surface area (Å²) in [5.41, 5.74) is 0. The van der Waals surface area contributed by atoms with Gasteiger partial charge in [-0.15, -0.1) is 10.2 Å². The molecule has 2 aliphatic rings. The van der Waals surface area contributed by atoms with Crippen LogP contribution in [-0.4, -0.2) is 24.7 Å². The fraction of sp³-hybridized carbons (Fsp3) is 0.625. The first-order chi connectivity index (χ1) is 11.6. The second-order valence-electron chi connectivity index (χ2n) is 6.65. The lowest BCUT2D eigenvalue weighted by Gasteiger charge is -2.14. The van der Waals surface area contributed by atoms with Crippen LogP contribution in [0.4, 0.5) is 0 Å². The first-order valence-corrected chi connectivity index (χ1v) is 10.1. The van der Waals surface area contributed by atoms with Crippen molar-refractivity contribution in [2.75, 3.05) is 0 Å². The molecule has 0 amide bonds. The van der Waals surface area contributed by atoms with Crippen LogP contribution >= 0.6 is 0 Å². The molecule has 0 aliphatic heterocycles. The molecule has 7 nitrogen and oxygen atoms in total. The van der Waals surface area contributed by atoms with Crippen LogP contribution in [0.5, 0.6) is 0 Å². The van der Waals surface area contributed by atoms with E-state index >= 15 is 0 Å². The summed E-state index contributed by atoms with van der Waals surface area (Å²) in [6.45, 7) is 0. The van der Waals surface area contributed by atoms with Crippen molar-refractivity contribution in [3.05, 3.63) is 18.0 Å². The van der Waals surface area contributed by atoms with Crippen LogP contribution in [0, 0.1) is 0 Å². The lowest BCUT2D eigenvalue weighted by atomic mass is 10.1. The summed E-state index contributed by atoms with van der Waals surface area (Å²) < 4.78 is 38.8. The number of rotatable bonds is 5. The number of sulfonamides is 1. The van der Waals surface area contributed by atoms with E-state index in [0.29, 0.717) is 11.8 Å². The third kappa shape index (κ3) is 3.39. The van der Waals surface area contributed by atoms with Crippen LogP contribution in [0.1, 0.15) is 63.2 Å². The van der Waals surface area contributed by atoms with Gasteiger partial charge in [0.05, 0.1) is 0 Å². The highest BCUT2D eigenvalue weighted by molar-refractivity contribution is 7.89. The Morgan fingerprint density at radius 2 is 1.71 bits per heavy atom. The standard InChI is InChI=1S/C16H21N3O4S/c20-24(21,19-12-5-3-1-2-4-6-12)14-10-9-13(22-14)16-18-17-15(23-16)11-7-8-11/h9-12,19H,1-8H2. The minimum atomic E-state index is -3.67. The maximum absolute atomic E-state index is 12.5. The normalized spacial score (nSPS) is 20.2. The highest BCUT2D eigenvalue weighted by atomic mass is 32.2. The first kappa shape index (κ1) is 15.8. The van der Waals surface area contributed by atoms with E-state index in [1.54, 1.807) is 6.07 Å². The van der Waals surface area contributed by atoms with E-state index in [2.05, 4.69) is 14.9 Å². The summed E-state index contributed by atoms with van der Waals surface area (Å²) >= 11 is 0. The number of nitrogens with one attached hydrogen (secondary N) is 1. The van der Waals surface area contributed by atoms with Gasteiger partial charge in [-0.1, -0.05) is 25.7 Å². The largest absolute Gasteiger partial charge is 0.438 e. The van der Waals surface area contributed by atoms with E-state index in [-0.39, 0.29) is 22.8 Å². The van der Waals surface area contributed by atoms with Gasteiger partial charge in [-0.2, -0.15) is 0 Å². The molecule has 0 saturated heterocycles. The zero-order valence-corrected chi connectivity index (χ0v) is 14.2. The molecule has 1 N–H and O–H groups in total. The summed E-state index contributed by atoms with van der Waals surface area (Å²) in [6.07, 6.45) is 8.33. The van der Waals surface area contributed by atoms with Gasteiger partial charge in [0.2, 0.25) is 11.0 Å². The molecule has 2 aromatic rings. The van der Waals surface area contributed by atoms with E-state index in [1.807, 2.05) is 0 Å². The summed E-state index contributed by atoms with van der Waals surface area (Å²) in [5, 5.41) is 7.83. The van der Waals surface area contributed by atoms with E-state index in [1.165, 1.54) is 18.9 Å². The molecule has 2 saturated carbocycles. The Balaban J connectivity index is 1.49. The molecule has 2 fully saturated rings. The molecule has 2 aliphatic carbocycles. The second-order valence-corrected chi connectivity index (χ2v) is 8.29. The second kappa shape index (κ2) is 6.33. The van der Waals surface area contributed by atoms with Crippen molar-refractivity contribution < 1.29 is 17.3 Å². The van der Waals surface area contributed by atoms with Crippen molar-refractivity contribution in [3.63, 3.8) is 0 Å². The summed E-state index contributed by atoms with van der Waals surface area (Å²) in [5.74, 6) is 1.46. The maximum Gasteiger partial charge on any atom is 0.283 e. The first-order valence-electron chi connectivity index (χ1n) is 8.58. The van der Waals surface area contributed by atoms with E-state index in [4.69, 9.17) is 8.83 Å². The van der Waals surface area contributed by atoms with E-state index in [9.17, 15) is 8.42 Å². The van der Waals surface area contributed by atoms with Crippen LogP contribution < -0.4 is 4.72 Å². The molecule has 4 rings (SSSR count). The van der Waals surface area contributed by atoms with Crippen LogP contribution in [0.25, 0.3) is 11.7 Å². The van der Waals surface area contributed by atoms with Gasteiger partial charge in [0.25, 0.3) is 15.9 Å². The third-order valence-electron chi connectivity index (χ3n) is 4.60. The SMILES string of the molecule is O=S(=O)(NC1CCCCCC1)c1ccc(-c2nnc(C3CC3)o2)o1. The third-order valence-corrected chi connectivity index (χ3v) is 5.99. The fourth-order valence-electron chi connectivity index (χ4n) is 3.08. The molecule has 0 unspecified atom stereocenters. The Bertz CT molecular complexity index is 799. The van der Waals surface area contributed by atoms with Gasteiger partial charge >= 0.3 is 0 Å². The van der Waals surface area contributed by atoms with Gasteiger partial charge in [-0.25, -0.2) is 13.1 Å². The lowest BCUT2D eigenvalue weighted by molar-refractivity contribution is 0.425. The topological polar surface area (TPSA) is 98.2 Å². The monoisotopic (exact) mass is 351 g/mol. The Labute approximate surface area is 140 Å². The van der Waals surface area contributed by atoms with Gasteiger partial charge in [0, 0.05) is 12.0 Å². The smallest absolute Gasteiger partial charge is 0.283 e. The Morgan fingerprint density at radius 3 is 2.42 bits per heavy atom. The Hall–Kier alpha value is -1.67. The molecule has 130 valence electrons. The fourth-order valence-corrected chi connectivity index (χ4v) is 4.32. The van der Waals surface area contributed by atoms with Gasteiger partial charge in [0.1, 0.15) is 0 Å². The minimum Gasteiger partial charge on any atom is -0.438 e. The molecule has 24 heavy (non-hydrogen) atoms. The molecule has 0 bridgehead atoms. The Kier molecular flexibility index (Phi) is 4.17. The number of aromatic nitrogens is 2. The molecule has 0 spiro atoms. The number of nitrogens with zero attached hydrogens (tertiary/aromatic N) is 2. The predicted molar refractivity (Wildman–Crippen MR) is 85.8 cm³/mol. The maximum atomic E-state index is 12.5. The summed E-state index contributed by atoms with van der Waals surface area (Å²) in [4.78, 5) is 0. The van der Waals surface area contributed by atoms with Gasteiger partial charge < -0.3 is 8.83 Å². The average Bonchev–Trinajstić information content (AvgIpc) is 3.16. The molecule has 0 atom stereocenters. The van der Waals surface area contributed by atoms with Crippen molar-refractivity contribution in [2.45, 2.75) is 68.4 Å². The van der Waals surface area contributed by atoms with E-state index < -0.39 is 10.0 Å². The minimum absolute atomic E-state index is 0.0177. The average molecular weight is 351 g/mol. The van der Waals surface area contributed by atoms with Crippen molar-refractivity contribution in [3.8, 4) is 11.7 Å². The molecule has 8 heteroatoms. The summed E-state index contributed by atoms with van der Waals surface area (Å²) in [7, 11) is -3.67. The molecule has 0 radical (unpaired) electrons. The van der Waals surface area contributed by atoms with Crippen molar-refractivity contribution >= 4 is 10.0 Å². The Morgan fingerprint density at radius 1 is 0.958 bits per heavy atom. The number of hydrogen-bond donors (Lipinski definition) is 1. The quantitative estimate of drug-likeness (QED) is 0.831. The molecular formula is C16H21N3O4S. The van der Waals surface area contributed by atoms with Crippen molar-refractivity contribution in [1.82, 2.24) is 14.9 Å². The highest BCUT2D eigenvalue weighted by Gasteiger charge is 2.30. The van der Waals surface area contributed by atoms with Crippen molar-refractivity contribution in [1.29, 1.82) is 0 Å². The zero-order chi connectivity index (χ0) is 16.6. The molecule has 2 aromatic heterocycles. The highest BCUT2D eigenvalue weighted by Crippen LogP contribution is 2.40. The van der Waals surface area contributed by atoms with Gasteiger partial charge in [-0.05, 0) is 37.8 Å². The number of furan rings is 1. The van der Waals surface area contributed by atoms with Crippen LogP contribution in [0.15, 0.2) is 26.1 Å². The predicted octanol–water partition coefficient (Wildman–Crippen LogP) is 3.21. The lowest BCUT2D eigenvalue weighted by Crippen LogP contribution is -2.34. The van der Waals surface area contributed by atoms with Crippen LogP contribution in [0.3, 0.4) is 0 Å². The van der Waals surface area contributed by atoms with Crippen LogP contribution in [0.2, 0.25) is 0 Å².